The fourth-order valence-corrected chi connectivity index (χ4v) is 2.94. The molecule has 0 aliphatic rings. The van der Waals surface area contributed by atoms with Gasteiger partial charge in [-0.2, -0.15) is 10.2 Å². The van der Waals surface area contributed by atoms with Crippen LogP contribution in [0.15, 0.2) is 53.6 Å². The van der Waals surface area contributed by atoms with E-state index in [1.165, 1.54) is 12.1 Å². The van der Waals surface area contributed by atoms with Crippen LogP contribution < -0.4 is 0 Å². The zero-order chi connectivity index (χ0) is 13.9. The number of hydrogen-bond donors (Lipinski definition) is 0. The summed E-state index contributed by atoms with van der Waals surface area (Å²) in [6.45, 7) is 0. The van der Waals surface area contributed by atoms with Crippen molar-refractivity contribution in [3.63, 3.8) is 0 Å². The number of hydrogen-bond acceptors (Lipinski definition) is 3. The topological polar surface area (TPSA) is 25.8 Å². The Morgan fingerprint density at radius 1 is 1.10 bits per heavy atom. The molecule has 3 rings (SSSR count). The normalized spacial score (nSPS) is 10.9. The molecule has 0 radical (unpaired) electrons. The van der Waals surface area contributed by atoms with Crippen LogP contribution in [-0.4, -0.2) is 10.2 Å². The van der Waals surface area contributed by atoms with E-state index in [1.807, 2.05) is 24.3 Å². The van der Waals surface area contributed by atoms with Gasteiger partial charge in [0, 0.05) is 21.1 Å². The first-order chi connectivity index (χ1) is 9.72. The lowest BCUT2D eigenvalue weighted by molar-refractivity contribution is 0.629. The number of fused-ring (bicyclic) bond motifs is 1. The van der Waals surface area contributed by atoms with Gasteiger partial charge in [-0.3, -0.25) is 0 Å². The van der Waals surface area contributed by atoms with Gasteiger partial charge in [-0.25, -0.2) is 4.39 Å². The van der Waals surface area contributed by atoms with Crippen LogP contribution in [0.4, 0.5) is 4.39 Å². The fourth-order valence-electron chi connectivity index (χ4n) is 1.86. The van der Waals surface area contributed by atoms with Crippen molar-refractivity contribution < 1.29 is 4.39 Å². The predicted octanol–water partition coefficient (Wildman–Crippen LogP) is 4.71. The highest BCUT2D eigenvalue weighted by Crippen LogP contribution is 2.29. The molecular weight excluding hydrogens is 295 g/mol. The van der Waals surface area contributed by atoms with E-state index in [1.54, 1.807) is 24.0 Å². The van der Waals surface area contributed by atoms with Gasteiger partial charge in [-0.1, -0.05) is 23.7 Å². The third-order valence-corrected chi connectivity index (χ3v) is 4.24. The highest BCUT2D eigenvalue weighted by molar-refractivity contribution is 7.98. The van der Waals surface area contributed by atoms with Crippen molar-refractivity contribution in [2.45, 2.75) is 10.6 Å². The number of nitrogens with zero attached hydrogens (tertiary/aromatic N) is 2. The van der Waals surface area contributed by atoms with E-state index in [4.69, 9.17) is 11.6 Å². The molecule has 0 spiro atoms. The Balaban J connectivity index is 1.87. The van der Waals surface area contributed by atoms with Crippen molar-refractivity contribution in [3.05, 3.63) is 65.1 Å². The van der Waals surface area contributed by atoms with Gasteiger partial charge in [0.1, 0.15) is 5.82 Å². The van der Waals surface area contributed by atoms with Crippen LogP contribution in [0.1, 0.15) is 5.56 Å². The van der Waals surface area contributed by atoms with E-state index in [-0.39, 0.29) is 5.82 Å². The van der Waals surface area contributed by atoms with Gasteiger partial charge in [-0.05, 0) is 35.9 Å². The van der Waals surface area contributed by atoms with E-state index in [0.29, 0.717) is 5.52 Å². The number of thioether (sulfide) groups is 1. The van der Waals surface area contributed by atoms with Gasteiger partial charge in [0.05, 0.1) is 11.7 Å². The molecule has 0 saturated carbocycles. The van der Waals surface area contributed by atoms with Gasteiger partial charge < -0.3 is 0 Å². The zero-order valence-corrected chi connectivity index (χ0v) is 12.0. The summed E-state index contributed by atoms with van der Waals surface area (Å²) in [5.74, 6) is 0.507. The minimum atomic E-state index is -0.265. The van der Waals surface area contributed by atoms with E-state index in [0.717, 1.165) is 26.6 Å². The molecule has 2 nitrogen and oxygen atoms in total. The second kappa shape index (κ2) is 5.77. The first kappa shape index (κ1) is 13.3. The quantitative estimate of drug-likeness (QED) is 0.655. The maximum atomic E-state index is 13.4. The lowest BCUT2D eigenvalue weighted by Crippen LogP contribution is -1.88. The van der Waals surface area contributed by atoms with Crippen LogP contribution in [0.25, 0.3) is 10.9 Å². The maximum absolute atomic E-state index is 13.4. The first-order valence-electron chi connectivity index (χ1n) is 6.00. The maximum Gasteiger partial charge on any atom is 0.124 e. The van der Waals surface area contributed by atoms with Crippen LogP contribution in [0, 0.1) is 5.82 Å². The molecule has 1 aromatic heterocycles. The average Bonchev–Trinajstić information content (AvgIpc) is 2.47. The van der Waals surface area contributed by atoms with Gasteiger partial charge in [0.2, 0.25) is 0 Å². The van der Waals surface area contributed by atoms with Gasteiger partial charge >= 0.3 is 0 Å². The van der Waals surface area contributed by atoms with Crippen molar-refractivity contribution in [3.8, 4) is 0 Å². The third-order valence-electron chi connectivity index (χ3n) is 2.87. The van der Waals surface area contributed by atoms with E-state index in [9.17, 15) is 4.39 Å². The first-order valence-corrected chi connectivity index (χ1v) is 7.37. The Kier molecular flexibility index (Phi) is 3.85. The Morgan fingerprint density at radius 2 is 1.90 bits per heavy atom. The number of rotatable bonds is 3. The lowest BCUT2D eigenvalue weighted by atomic mass is 10.2. The molecule has 3 aromatic rings. The minimum absolute atomic E-state index is 0.265. The molecule has 0 bridgehead atoms. The molecule has 0 atom stereocenters. The third kappa shape index (κ3) is 2.92. The van der Waals surface area contributed by atoms with Gasteiger partial charge in [-0.15, -0.1) is 11.8 Å². The summed E-state index contributed by atoms with van der Waals surface area (Å²) in [7, 11) is 0. The average molecular weight is 305 g/mol. The minimum Gasteiger partial charge on any atom is -0.207 e. The molecule has 0 unspecified atom stereocenters. The van der Waals surface area contributed by atoms with Gasteiger partial charge in [0.25, 0.3) is 0 Å². The monoisotopic (exact) mass is 304 g/mol. The Hall–Kier alpha value is -1.65. The molecule has 2 aromatic carbocycles. The van der Waals surface area contributed by atoms with E-state index in [2.05, 4.69) is 10.2 Å². The summed E-state index contributed by atoms with van der Waals surface area (Å²) in [5.41, 5.74) is 1.85. The summed E-state index contributed by atoms with van der Waals surface area (Å²) >= 11 is 7.46. The van der Waals surface area contributed by atoms with E-state index >= 15 is 0 Å². The van der Waals surface area contributed by atoms with Crippen molar-refractivity contribution in [2.24, 2.45) is 0 Å². The highest BCUT2D eigenvalue weighted by atomic mass is 35.5. The molecule has 100 valence electrons. The van der Waals surface area contributed by atoms with Crippen molar-refractivity contribution in [1.29, 1.82) is 0 Å². The van der Waals surface area contributed by atoms with Crippen molar-refractivity contribution in [1.82, 2.24) is 10.2 Å². The molecule has 0 aliphatic heterocycles. The zero-order valence-electron chi connectivity index (χ0n) is 10.4. The van der Waals surface area contributed by atoms with Crippen LogP contribution >= 0.6 is 23.4 Å². The molecule has 0 aliphatic carbocycles. The Labute approximate surface area is 125 Å². The van der Waals surface area contributed by atoms with Crippen LogP contribution in [0.5, 0.6) is 0 Å². The largest absolute Gasteiger partial charge is 0.207 e. The Bertz CT molecular complexity index is 746. The van der Waals surface area contributed by atoms with Crippen molar-refractivity contribution in [2.75, 3.05) is 0 Å². The molecule has 0 N–H and O–H groups in total. The standard InChI is InChI=1S/C15H10ClFN2S/c16-11-3-1-10(2-4-11)9-20-15-8-18-19-14-6-5-12(17)7-13(14)15/h1-8H,9H2. The smallest absolute Gasteiger partial charge is 0.124 e. The van der Waals surface area contributed by atoms with Crippen LogP contribution in [-0.2, 0) is 5.75 Å². The second-order valence-electron chi connectivity index (χ2n) is 4.29. The summed E-state index contributed by atoms with van der Waals surface area (Å²) in [5, 5.41) is 9.47. The SMILES string of the molecule is Fc1ccc2nncc(SCc3ccc(Cl)cc3)c2c1. The van der Waals surface area contributed by atoms with Gasteiger partial charge in [0.15, 0.2) is 0 Å². The molecule has 5 heteroatoms. The molecule has 0 amide bonds. The molecule has 0 fully saturated rings. The van der Waals surface area contributed by atoms with Crippen LogP contribution in [0.3, 0.4) is 0 Å². The fraction of sp³-hybridized carbons (Fsp3) is 0.0667. The van der Waals surface area contributed by atoms with Crippen molar-refractivity contribution >= 4 is 34.3 Å². The molecule has 0 saturated heterocycles. The lowest BCUT2D eigenvalue weighted by Gasteiger charge is -2.05. The summed E-state index contributed by atoms with van der Waals surface area (Å²) in [6.07, 6.45) is 1.67. The summed E-state index contributed by atoms with van der Waals surface area (Å²) in [6, 6.07) is 12.2. The number of halogens is 2. The molecule has 20 heavy (non-hydrogen) atoms. The Morgan fingerprint density at radius 3 is 2.70 bits per heavy atom. The number of aromatic nitrogens is 2. The van der Waals surface area contributed by atoms with E-state index < -0.39 is 0 Å². The number of benzene rings is 2. The molecule has 1 heterocycles. The summed E-state index contributed by atoms with van der Waals surface area (Å²) in [4.78, 5) is 0.921. The second-order valence-corrected chi connectivity index (χ2v) is 5.74. The summed E-state index contributed by atoms with van der Waals surface area (Å²) < 4.78 is 13.4. The predicted molar refractivity (Wildman–Crippen MR) is 80.5 cm³/mol. The highest BCUT2D eigenvalue weighted by Gasteiger charge is 2.05. The van der Waals surface area contributed by atoms with Crippen LogP contribution in [0.2, 0.25) is 5.02 Å². The molecular formula is C15H10ClFN2S.